The van der Waals surface area contributed by atoms with Crippen molar-refractivity contribution in [1.29, 1.82) is 0 Å². The summed E-state index contributed by atoms with van der Waals surface area (Å²) in [5.74, 6) is 1.60. The molecule has 6 aliphatic carbocycles. The van der Waals surface area contributed by atoms with Crippen molar-refractivity contribution >= 4 is 11.8 Å². The minimum Gasteiger partial charge on any atom is -0.353 e. The predicted molar refractivity (Wildman–Crippen MR) is 109 cm³/mol. The van der Waals surface area contributed by atoms with Crippen molar-refractivity contribution in [3.63, 3.8) is 0 Å². The van der Waals surface area contributed by atoms with Gasteiger partial charge < -0.3 is 10.6 Å². The van der Waals surface area contributed by atoms with Gasteiger partial charge in [-0.3, -0.25) is 9.59 Å². The molecule has 4 bridgehead atoms. The zero-order valence-electron chi connectivity index (χ0n) is 16.9. The molecule has 4 heteroatoms. The van der Waals surface area contributed by atoms with Crippen LogP contribution in [0.4, 0.5) is 0 Å². The van der Waals surface area contributed by atoms with Crippen molar-refractivity contribution in [1.82, 2.24) is 10.6 Å². The highest BCUT2D eigenvalue weighted by Gasteiger charge is 2.63. The minimum absolute atomic E-state index is 0.250. The molecule has 28 heavy (non-hydrogen) atoms. The summed E-state index contributed by atoms with van der Waals surface area (Å²) in [5.41, 5.74) is -0.593. The second-order valence-corrected chi connectivity index (χ2v) is 10.4. The quantitative estimate of drug-likeness (QED) is 0.722. The van der Waals surface area contributed by atoms with Crippen LogP contribution in [0.5, 0.6) is 0 Å². The highest BCUT2D eigenvalue weighted by Crippen LogP contribution is 2.65. The SMILES string of the molecule is O=C(NC1CC=CCC1)C12CC3CC(C1)CC(C(=O)NC1CC=CCC1)(C3)C2. The highest BCUT2D eigenvalue weighted by molar-refractivity contribution is 5.88. The van der Waals surface area contributed by atoms with Crippen LogP contribution in [0.25, 0.3) is 0 Å². The van der Waals surface area contributed by atoms with E-state index in [1.165, 1.54) is 6.42 Å². The van der Waals surface area contributed by atoms with E-state index in [1.54, 1.807) is 0 Å². The van der Waals surface area contributed by atoms with Crippen LogP contribution in [0.2, 0.25) is 0 Å². The average molecular weight is 383 g/mol. The van der Waals surface area contributed by atoms with E-state index in [9.17, 15) is 9.59 Å². The van der Waals surface area contributed by atoms with E-state index >= 15 is 0 Å². The Morgan fingerprint density at radius 3 is 1.57 bits per heavy atom. The zero-order valence-corrected chi connectivity index (χ0v) is 16.9. The Labute approximate surface area is 168 Å². The molecule has 0 aromatic carbocycles. The fourth-order valence-corrected chi connectivity index (χ4v) is 7.32. The van der Waals surface area contributed by atoms with Crippen LogP contribution >= 0.6 is 0 Å². The van der Waals surface area contributed by atoms with Crippen molar-refractivity contribution in [2.75, 3.05) is 0 Å². The summed E-state index contributed by atoms with van der Waals surface area (Å²) in [6.07, 6.45) is 20.9. The lowest BCUT2D eigenvalue weighted by Gasteiger charge is -2.60. The molecule has 6 rings (SSSR count). The summed E-state index contributed by atoms with van der Waals surface area (Å²) in [6.45, 7) is 0. The van der Waals surface area contributed by atoms with Crippen LogP contribution in [0.3, 0.4) is 0 Å². The zero-order chi connectivity index (χ0) is 19.2. The number of hydrogen-bond acceptors (Lipinski definition) is 2. The van der Waals surface area contributed by atoms with Gasteiger partial charge in [0.1, 0.15) is 0 Å². The molecule has 2 amide bonds. The van der Waals surface area contributed by atoms with Crippen LogP contribution in [0, 0.1) is 22.7 Å². The Kier molecular flexibility index (Phi) is 4.64. The third-order valence-electron chi connectivity index (χ3n) is 8.23. The molecule has 2 N–H and O–H groups in total. The normalized spacial score (nSPS) is 43.7. The highest BCUT2D eigenvalue weighted by atomic mass is 16.2. The van der Waals surface area contributed by atoms with Gasteiger partial charge in [0, 0.05) is 12.1 Å². The van der Waals surface area contributed by atoms with E-state index in [0.717, 1.165) is 70.6 Å². The average Bonchev–Trinajstić information content (AvgIpc) is 2.68. The van der Waals surface area contributed by atoms with Crippen molar-refractivity contribution in [2.24, 2.45) is 22.7 Å². The number of nitrogens with one attached hydrogen (secondary N) is 2. The second kappa shape index (κ2) is 7.03. The maximum Gasteiger partial charge on any atom is 0.226 e. The number of hydrogen-bond donors (Lipinski definition) is 2. The van der Waals surface area contributed by atoms with Gasteiger partial charge in [0.05, 0.1) is 10.8 Å². The van der Waals surface area contributed by atoms with Gasteiger partial charge >= 0.3 is 0 Å². The van der Waals surface area contributed by atoms with Gasteiger partial charge in [-0.2, -0.15) is 0 Å². The molecule has 2 unspecified atom stereocenters. The fraction of sp³-hybridized carbons (Fsp3) is 0.750. The second-order valence-electron chi connectivity index (χ2n) is 10.4. The molecule has 0 aromatic heterocycles. The molecule has 0 heterocycles. The monoisotopic (exact) mass is 382 g/mol. The molecular weight excluding hydrogens is 348 g/mol. The summed E-state index contributed by atoms with van der Waals surface area (Å²) in [5, 5.41) is 6.76. The van der Waals surface area contributed by atoms with Crippen LogP contribution in [0.1, 0.15) is 77.0 Å². The first-order valence-corrected chi connectivity index (χ1v) is 11.5. The van der Waals surface area contributed by atoms with E-state index in [1.807, 2.05) is 0 Å². The van der Waals surface area contributed by atoms with E-state index in [2.05, 4.69) is 34.9 Å². The molecule has 6 aliphatic rings. The summed E-state index contributed by atoms with van der Waals surface area (Å²) in [4.78, 5) is 26.9. The summed E-state index contributed by atoms with van der Waals surface area (Å²) >= 11 is 0. The first kappa shape index (κ1) is 18.4. The van der Waals surface area contributed by atoms with Crippen molar-refractivity contribution in [3.8, 4) is 0 Å². The lowest BCUT2D eigenvalue weighted by Crippen LogP contribution is -2.62. The van der Waals surface area contributed by atoms with E-state index in [4.69, 9.17) is 0 Å². The van der Waals surface area contributed by atoms with Crippen LogP contribution < -0.4 is 10.6 Å². The smallest absolute Gasteiger partial charge is 0.226 e. The van der Waals surface area contributed by atoms with Crippen molar-refractivity contribution in [3.05, 3.63) is 24.3 Å². The predicted octanol–water partition coefficient (Wildman–Crippen LogP) is 4.02. The number of carbonyl (C=O) groups is 2. The van der Waals surface area contributed by atoms with Gasteiger partial charge in [-0.05, 0) is 88.9 Å². The van der Waals surface area contributed by atoms with E-state index in [-0.39, 0.29) is 34.7 Å². The largest absolute Gasteiger partial charge is 0.353 e. The first-order chi connectivity index (χ1) is 13.6. The molecular formula is C24H34N2O2. The maximum atomic E-state index is 13.4. The fourth-order valence-electron chi connectivity index (χ4n) is 7.32. The van der Waals surface area contributed by atoms with Gasteiger partial charge in [0.15, 0.2) is 0 Å². The molecule has 4 fully saturated rings. The molecule has 0 saturated heterocycles. The van der Waals surface area contributed by atoms with Gasteiger partial charge in [0.2, 0.25) is 11.8 Å². The molecule has 0 aliphatic heterocycles. The minimum atomic E-state index is -0.297. The molecule has 4 saturated carbocycles. The molecule has 0 aromatic rings. The standard InChI is InChI=1S/C24H34N2O2/c27-21(25-19-7-3-1-4-8-19)23-12-17-11-18(13-23)15-24(14-17,16-23)22(28)26-20-9-5-2-6-10-20/h1-3,5,17-20H,4,6-16H2,(H,25,27)(H,26,28). The number of allylic oxidation sites excluding steroid dienone is 2. The molecule has 0 spiro atoms. The van der Waals surface area contributed by atoms with E-state index in [0.29, 0.717) is 11.8 Å². The van der Waals surface area contributed by atoms with Gasteiger partial charge in [-0.1, -0.05) is 24.3 Å². The van der Waals surface area contributed by atoms with E-state index < -0.39 is 0 Å². The number of amides is 2. The summed E-state index contributed by atoms with van der Waals surface area (Å²) in [6, 6.07) is 0.564. The van der Waals surface area contributed by atoms with Crippen LogP contribution in [-0.4, -0.2) is 23.9 Å². The third kappa shape index (κ3) is 3.23. The third-order valence-corrected chi connectivity index (χ3v) is 8.23. The Morgan fingerprint density at radius 1 is 0.714 bits per heavy atom. The van der Waals surface area contributed by atoms with Crippen LogP contribution in [0.15, 0.2) is 24.3 Å². The number of rotatable bonds is 4. The van der Waals surface area contributed by atoms with Crippen molar-refractivity contribution in [2.45, 2.75) is 89.1 Å². The summed E-state index contributed by atoms with van der Waals surface area (Å²) in [7, 11) is 0. The Bertz CT molecular complexity index is 639. The lowest BCUT2D eigenvalue weighted by atomic mass is 9.43. The molecule has 0 radical (unpaired) electrons. The van der Waals surface area contributed by atoms with Gasteiger partial charge in [0.25, 0.3) is 0 Å². The Balaban J connectivity index is 1.33. The number of carbonyl (C=O) groups excluding carboxylic acids is 2. The Morgan fingerprint density at radius 2 is 1.18 bits per heavy atom. The molecule has 4 nitrogen and oxygen atoms in total. The molecule has 152 valence electrons. The van der Waals surface area contributed by atoms with Crippen LogP contribution in [-0.2, 0) is 9.59 Å². The summed E-state index contributed by atoms with van der Waals surface area (Å²) < 4.78 is 0. The lowest BCUT2D eigenvalue weighted by molar-refractivity contribution is -0.168. The maximum absolute atomic E-state index is 13.4. The first-order valence-electron chi connectivity index (χ1n) is 11.5. The van der Waals surface area contributed by atoms with Gasteiger partial charge in [-0.15, -0.1) is 0 Å². The molecule has 2 atom stereocenters. The van der Waals surface area contributed by atoms with Gasteiger partial charge in [-0.25, -0.2) is 0 Å². The Hall–Kier alpha value is -1.58. The van der Waals surface area contributed by atoms with Crippen molar-refractivity contribution < 1.29 is 9.59 Å². The topological polar surface area (TPSA) is 58.2 Å².